The maximum atomic E-state index is 13.1. The summed E-state index contributed by atoms with van der Waals surface area (Å²) in [6, 6.07) is 5.70. The number of nitrogens with zero attached hydrogens (tertiary/aromatic N) is 4. The predicted molar refractivity (Wildman–Crippen MR) is 134 cm³/mol. The van der Waals surface area contributed by atoms with Crippen LogP contribution in [0.1, 0.15) is 42.2 Å². The first-order valence-electron chi connectivity index (χ1n) is 11.6. The SMILES string of the molecule is CC(C)(C)C(=O)n1nc(C2CN(CC(=O)N3CCOCC3)CCN2)cc1NCc1ccc(Cl)s1. The van der Waals surface area contributed by atoms with Crippen LogP contribution in [0.5, 0.6) is 0 Å². The fourth-order valence-electron chi connectivity index (χ4n) is 4.05. The number of thiophene rings is 1. The highest BCUT2D eigenvalue weighted by molar-refractivity contribution is 7.16. The van der Waals surface area contributed by atoms with Gasteiger partial charge in [-0.15, -0.1) is 11.3 Å². The van der Waals surface area contributed by atoms with Crippen LogP contribution in [0, 0.1) is 5.41 Å². The maximum absolute atomic E-state index is 13.1. The first kappa shape index (κ1) is 25.1. The third-order valence-corrected chi connectivity index (χ3v) is 7.21. The van der Waals surface area contributed by atoms with Gasteiger partial charge in [0.15, 0.2) is 0 Å². The minimum Gasteiger partial charge on any atom is -0.378 e. The number of morpholine rings is 1. The molecule has 0 spiro atoms. The van der Waals surface area contributed by atoms with Crippen molar-refractivity contribution in [3.8, 4) is 0 Å². The second kappa shape index (κ2) is 10.7. The summed E-state index contributed by atoms with van der Waals surface area (Å²) in [5.41, 5.74) is 0.204. The molecule has 1 unspecified atom stereocenters. The van der Waals surface area contributed by atoms with Crippen molar-refractivity contribution in [1.82, 2.24) is 24.9 Å². The normalized spacial score (nSPS) is 19.9. The number of piperazine rings is 1. The topological polar surface area (TPSA) is 91.7 Å². The highest BCUT2D eigenvalue weighted by Crippen LogP contribution is 2.26. The molecule has 4 heterocycles. The van der Waals surface area contributed by atoms with E-state index in [1.807, 2.05) is 43.9 Å². The molecule has 2 aliphatic rings. The van der Waals surface area contributed by atoms with Gasteiger partial charge in [0.1, 0.15) is 5.82 Å². The van der Waals surface area contributed by atoms with Gasteiger partial charge in [0.05, 0.1) is 42.4 Å². The van der Waals surface area contributed by atoms with E-state index in [0.717, 1.165) is 28.0 Å². The number of ether oxygens (including phenoxy) is 1. The number of rotatable bonds is 6. The summed E-state index contributed by atoms with van der Waals surface area (Å²) in [6.07, 6.45) is 0. The average molecular weight is 509 g/mol. The molecule has 0 aliphatic carbocycles. The molecule has 34 heavy (non-hydrogen) atoms. The number of anilines is 1. The lowest BCUT2D eigenvalue weighted by atomic mass is 9.96. The van der Waals surface area contributed by atoms with Crippen LogP contribution < -0.4 is 10.6 Å². The van der Waals surface area contributed by atoms with E-state index in [9.17, 15) is 9.59 Å². The van der Waals surface area contributed by atoms with E-state index in [0.29, 0.717) is 51.8 Å². The zero-order chi connectivity index (χ0) is 24.3. The number of amides is 1. The number of carbonyl (C=O) groups excluding carboxylic acids is 2. The molecule has 11 heteroatoms. The molecule has 0 radical (unpaired) electrons. The molecule has 0 aromatic carbocycles. The van der Waals surface area contributed by atoms with Crippen molar-refractivity contribution >= 4 is 40.6 Å². The highest BCUT2D eigenvalue weighted by atomic mass is 35.5. The second-order valence-corrected chi connectivity index (χ2v) is 11.5. The van der Waals surface area contributed by atoms with E-state index in [1.165, 1.54) is 16.0 Å². The van der Waals surface area contributed by atoms with Gasteiger partial charge in [-0.3, -0.25) is 14.5 Å². The Hall–Kier alpha value is -1.98. The van der Waals surface area contributed by atoms with Crippen molar-refractivity contribution in [2.24, 2.45) is 5.41 Å². The minimum absolute atomic E-state index is 0.0722. The molecule has 2 aliphatic heterocycles. The van der Waals surface area contributed by atoms with Crippen LogP contribution in [-0.2, 0) is 16.1 Å². The zero-order valence-corrected chi connectivity index (χ0v) is 21.5. The Labute approximate surface area is 209 Å². The molecule has 9 nitrogen and oxygen atoms in total. The van der Waals surface area contributed by atoms with Crippen LogP contribution in [-0.4, -0.2) is 83.9 Å². The number of aromatic nitrogens is 2. The minimum atomic E-state index is -0.581. The van der Waals surface area contributed by atoms with Crippen molar-refractivity contribution in [2.45, 2.75) is 33.4 Å². The van der Waals surface area contributed by atoms with Gasteiger partial charge in [-0.25, -0.2) is 0 Å². The third kappa shape index (κ3) is 6.17. The lowest BCUT2D eigenvalue weighted by Gasteiger charge is -2.34. The largest absolute Gasteiger partial charge is 0.378 e. The molecule has 2 aromatic heterocycles. The number of halogens is 1. The van der Waals surface area contributed by atoms with E-state index in [1.54, 1.807) is 0 Å². The number of hydrogen-bond donors (Lipinski definition) is 2. The van der Waals surface area contributed by atoms with Crippen LogP contribution in [0.15, 0.2) is 18.2 Å². The molecule has 1 amide bonds. The highest BCUT2D eigenvalue weighted by Gasteiger charge is 2.30. The van der Waals surface area contributed by atoms with Gasteiger partial charge in [0, 0.05) is 49.1 Å². The van der Waals surface area contributed by atoms with Gasteiger partial charge in [0.25, 0.3) is 5.91 Å². The van der Waals surface area contributed by atoms with Gasteiger partial charge < -0.3 is 20.3 Å². The lowest BCUT2D eigenvalue weighted by Crippen LogP contribution is -2.51. The van der Waals surface area contributed by atoms with Crippen molar-refractivity contribution in [3.63, 3.8) is 0 Å². The summed E-state index contributed by atoms with van der Waals surface area (Å²) in [5.74, 6) is 0.706. The standard InChI is InChI=1S/C23H33ClN6O3S/c1-23(2,3)22(32)30-20(26-13-16-4-5-19(24)34-16)12-17(27-30)18-14-28(7-6-25-18)15-21(31)29-8-10-33-11-9-29/h4-5,12,18,25-26H,6-11,13-15H2,1-3H3. The summed E-state index contributed by atoms with van der Waals surface area (Å²) in [7, 11) is 0. The predicted octanol–water partition coefficient (Wildman–Crippen LogP) is 2.70. The van der Waals surface area contributed by atoms with Crippen LogP contribution in [0.25, 0.3) is 0 Å². The number of carbonyl (C=O) groups is 2. The summed E-state index contributed by atoms with van der Waals surface area (Å²) < 4.78 is 7.56. The fourth-order valence-corrected chi connectivity index (χ4v) is 5.08. The summed E-state index contributed by atoms with van der Waals surface area (Å²) in [5, 5.41) is 11.6. The molecule has 2 N–H and O–H groups in total. The van der Waals surface area contributed by atoms with Crippen LogP contribution in [0.3, 0.4) is 0 Å². The smallest absolute Gasteiger partial charge is 0.254 e. The Balaban J connectivity index is 1.47. The Bertz CT molecular complexity index is 1010. The van der Waals surface area contributed by atoms with Gasteiger partial charge in [-0.2, -0.15) is 9.78 Å². The zero-order valence-electron chi connectivity index (χ0n) is 20.0. The second-order valence-electron chi connectivity index (χ2n) is 9.72. The average Bonchev–Trinajstić information content (AvgIpc) is 3.43. The van der Waals surface area contributed by atoms with Gasteiger partial charge >= 0.3 is 0 Å². The summed E-state index contributed by atoms with van der Waals surface area (Å²) in [6.45, 7) is 11.3. The monoisotopic (exact) mass is 508 g/mol. The third-order valence-electron chi connectivity index (χ3n) is 5.97. The van der Waals surface area contributed by atoms with E-state index in [-0.39, 0.29) is 17.9 Å². The molecular formula is C23H33ClN6O3S. The molecule has 2 saturated heterocycles. The van der Waals surface area contributed by atoms with Crippen LogP contribution >= 0.6 is 22.9 Å². The summed E-state index contributed by atoms with van der Waals surface area (Å²) in [4.78, 5) is 31.0. The maximum Gasteiger partial charge on any atom is 0.254 e. The lowest BCUT2D eigenvalue weighted by molar-refractivity contribution is -0.136. The first-order chi connectivity index (χ1) is 16.2. The Morgan fingerprint density at radius 3 is 2.71 bits per heavy atom. The molecule has 2 fully saturated rings. The summed E-state index contributed by atoms with van der Waals surface area (Å²) >= 11 is 7.57. The number of hydrogen-bond acceptors (Lipinski definition) is 8. The molecule has 1 atom stereocenters. The van der Waals surface area contributed by atoms with E-state index >= 15 is 0 Å². The van der Waals surface area contributed by atoms with Crippen molar-refractivity contribution in [2.75, 3.05) is 57.8 Å². The molecule has 0 saturated carbocycles. The van der Waals surface area contributed by atoms with E-state index < -0.39 is 5.41 Å². The van der Waals surface area contributed by atoms with Crippen molar-refractivity contribution < 1.29 is 14.3 Å². The molecular weight excluding hydrogens is 476 g/mol. The van der Waals surface area contributed by atoms with Gasteiger partial charge in [-0.05, 0) is 12.1 Å². The Morgan fingerprint density at radius 2 is 2.03 bits per heavy atom. The van der Waals surface area contributed by atoms with E-state index in [4.69, 9.17) is 21.4 Å². The van der Waals surface area contributed by atoms with E-state index in [2.05, 4.69) is 15.5 Å². The van der Waals surface area contributed by atoms with Crippen LogP contribution in [0.4, 0.5) is 5.82 Å². The molecule has 4 rings (SSSR count). The number of nitrogens with one attached hydrogen (secondary N) is 2. The van der Waals surface area contributed by atoms with Gasteiger partial charge in [-0.1, -0.05) is 32.4 Å². The fraction of sp³-hybridized carbons (Fsp3) is 0.609. The van der Waals surface area contributed by atoms with Crippen molar-refractivity contribution in [3.05, 3.63) is 33.1 Å². The molecule has 2 aromatic rings. The molecule has 0 bridgehead atoms. The Morgan fingerprint density at radius 1 is 1.26 bits per heavy atom. The van der Waals surface area contributed by atoms with Crippen molar-refractivity contribution in [1.29, 1.82) is 0 Å². The molecule has 186 valence electrons. The quantitative estimate of drug-likeness (QED) is 0.619. The van der Waals surface area contributed by atoms with Crippen LogP contribution in [0.2, 0.25) is 4.34 Å². The first-order valence-corrected chi connectivity index (χ1v) is 12.8. The Kier molecular flexibility index (Phi) is 7.94. The van der Waals surface area contributed by atoms with Gasteiger partial charge in [0.2, 0.25) is 5.91 Å².